The van der Waals surface area contributed by atoms with Gasteiger partial charge in [0.2, 0.25) is 5.91 Å². The van der Waals surface area contributed by atoms with Crippen molar-refractivity contribution >= 4 is 5.91 Å². The Morgan fingerprint density at radius 1 is 1.67 bits per heavy atom. The third kappa shape index (κ3) is 0.966. The minimum Gasteiger partial charge on any atom is -0.356 e. The van der Waals surface area contributed by atoms with Gasteiger partial charge in [-0.1, -0.05) is 19.9 Å². The molecule has 66 valence electrons. The average molecular weight is 167 g/mol. The van der Waals surface area contributed by atoms with Crippen molar-refractivity contribution in [3.8, 4) is 0 Å². The third-order valence-corrected chi connectivity index (χ3v) is 2.47. The van der Waals surface area contributed by atoms with Crippen molar-refractivity contribution in [2.24, 2.45) is 5.41 Å². The van der Waals surface area contributed by atoms with E-state index in [1.54, 1.807) is 11.0 Å². The Morgan fingerprint density at radius 3 is 3.08 bits per heavy atom. The number of fused-ring (bicyclic) bond motifs is 1. The molecule has 0 aliphatic carbocycles. The molecule has 1 amide bonds. The van der Waals surface area contributed by atoms with E-state index in [-0.39, 0.29) is 17.6 Å². The van der Waals surface area contributed by atoms with Gasteiger partial charge in [-0.25, -0.2) is 0 Å². The van der Waals surface area contributed by atoms with Gasteiger partial charge in [-0.3, -0.25) is 4.79 Å². The van der Waals surface area contributed by atoms with Crippen molar-refractivity contribution in [1.29, 1.82) is 0 Å². The summed E-state index contributed by atoms with van der Waals surface area (Å²) in [5.74, 6) is 0.0804. The second-order valence-corrected chi connectivity index (χ2v) is 3.91. The fourth-order valence-electron chi connectivity index (χ4n) is 1.78. The summed E-state index contributed by atoms with van der Waals surface area (Å²) in [6.07, 6.45) is 3.53. The molecule has 2 rings (SSSR count). The molecule has 1 saturated heterocycles. The van der Waals surface area contributed by atoms with Crippen LogP contribution < -0.4 is 0 Å². The Balaban J connectivity index is 2.34. The number of hydrogen-bond acceptors (Lipinski definition) is 2. The molecule has 2 heterocycles. The van der Waals surface area contributed by atoms with Crippen molar-refractivity contribution in [3.63, 3.8) is 0 Å². The standard InChI is InChI=1S/C9H13NO2/c1-9(2)4-3-7(11)10-5-6-12-8(9)10/h3-4,8H,5-6H2,1-2H3. The summed E-state index contributed by atoms with van der Waals surface area (Å²) in [6.45, 7) is 5.57. The smallest absolute Gasteiger partial charge is 0.248 e. The maximum absolute atomic E-state index is 11.3. The van der Waals surface area contributed by atoms with Crippen LogP contribution in [0.5, 0.6) is 0 Å². The minimum absolute atomic E-state index is 0.0373. The number of rotatable bonds is 0. The minimum atomic E-state index is -0.0463. The number of nitrogens with zero attached hydrogens (tertiary/aromatic N) is 1. The summed E-state index contributed by atoms with van der Waals surface area (Å²) in [5, 5.41) is 0. The third-order valence-electron chi connectivity index (χ3n) is 2.47. The molecule has 0 aromatic rings. The van der Waals surface area contributed by atoms with Crippen LogP contribution in [0.1, 0.15) is 13.8 Å². The second kappa shape index (κ2) is 2.33. The zero-order valence-electron chi connectivity index (χ0n) is 7.41. The highest BCUT2D eigenvalue weighted by Crippen LogP contribution is 2.33. The second-order valence-electron chi connectivity index (χ2n) is 3.91. The van der Waals surface area contributed by atoms with Crippen molar-refractivity contribution in [1.82, 2.24) is 4.90 Å². The molecule has 2 aliphatic heterocycles. The van der Waals surface area contributed by atoms with Crippen LogP contribution in [0.3, 0.4) is 0 Å². The van der Waals surface area contributed by atoms with E-state index < -0.39 is 0 Å². The van der Waals surface area contributed by atoms with Gasteiger partial charge < -0.3 is 9.64 Å². The van der Waals surface area contributed by atoms with E-state index in [4.69, 9.17) is 4.74 Å². The summed E-state index contributed by atoms with van der Waals surface area (Å²) >= 11 is 0. The SMILES string of the molecule is CC1(C)C=CC(=O)N2CCOC21. The number of hydrogen-bond donors (Lipinski definition) is 0. The van der Waals surface area contributed by atoms with Crippen molar-refractivity contribution < 1.29 is 9.53 Å². The summed E-state index contributed by atoms with van der Waals surface area (Å²) in [4.78, 5) is 13.1. The van der Waals surface area contributed by atoms with E-state index in [1.807, 2.05) is 6.08 Å². The first-order valence-electron chi connectivity index (χ1n) is 4.23. The van der Waals surface area contributed by atoms with Gasteiger partial charge in [0.15, 0.2) is 0 Å². The van der Waals surface area contributed by atoms with Crippen LogP contribution in [0.25, 0.3) is 0 Å². The zero-order chi connectivity index (χ0) is 8.77. The molecule has 12 heavy (non-hydrogen) atoms. The molecular weight excluding hydrogens is 154 g/mol. The number of carbonyl (C=O) groups is 1. The molecule has 1 unspecified atom stereocenters. The molecule has 0 radical (unpaired) electrons. The summed E-state index contributed by atoms with van der Waals surface area (Å²) in [5.41, 5.74) is -0.0373. The maximum Gasteiger partial charge on any atom is 0.248 e. The molecule has 3 nitrogen and oxygen atoms in total. The lowest BCUT2D eigenvalue weighted by atomic mass is 9.87. The molecule has 0 spiro atoms. The predicted octanol–water partition coefficient (Wildman–Crippen LogP) is 0.767. The molecular formula is C9H13NO2. The monoisotopic (exact) mass is 167 g/mol. The highest BCUT2D eigenvalue weighted by atomic mass is 16.5. The van der Waals surface area contributed by atoms with E-state index in [1.165, 1.54) is 0 Å². The quantitative estimate of drug-likeness (QED) is 0.533. The van der Waals surface area contributed by atoms with Gasteiger partial charge in [-0.15, -0.1) is 0 Å². The highest BCUT2D eigenvalue weighted by Gasteiger charge is 2.41. The molecule has 0 saturated carbocycles. The topological polar surface area (TPSA) is 29.5 Å². The van der Waals surface area contributed by atoms with Crippen LogP contribution in [-0.4, -0.2) is 30.2 Å². The van der Waals surface area contributed by atoms with Crippen LogP contribution in [-0.2, 0) is 9.53 Å². The van der Waals surface area contributed by atoms with Gasteiger partial charge in [0.05, 0.1) is 6.61 Å². The fraction of sp³-hybridized carbons (Fsp3) is 0.667. The number of amides is 1. The summed E-state index contributed by atoms with van der Waals surface area (Å²) in [7, 11) is 0. The molecule has 1 atom stereocenters. The highest BCUT2D eigenvalue weighted by molar-refractivity contribution is 5.89. The Bertz CT molecular complexity index is 245. The van der Waals surface area contributed by atoms with Crippen molar-refractivity contribution in [2.75, 3.05) is 13.2 Å². The molecule has 0 N–H and O–H groups in total. The number of carbonyl (C=O) groups excluding carboxylic acids is 1. The van der Waals surface area contributed by atoms with E-state index in [0.29, 0.717) is 6.61 Å². The van der Waals surface area contributed by atoms with E-state index in [2.05, 4.69) is 13.8 Å². The normalized spacial score (nSPS) is 32.3. The Kier molecular flexibility index (Phi) is 1.51. The van der Waals surface area contributed by atoms with E-state index in [9.17, 15) is 4.79 Å². The van der Waals surface area contributed by atoms with Crippen LogP contribution in [0.2, 0.25) is 0 Å². The van der Waals surface area contributed by atoms with Gasteiger partial charge in [0.1, 0.15) is 6.23 Å². The molecule has 0 bridgehead atoms. The predicted molar refractivity (Wildman–Crippen MR) is 44.4 cm³/mol. The Hall–Kier alpha value is -0.830. The van der Waals surface area contributed by atoms with Gasteiger partial charge >= 0.3 is 0 Å². The largest absolute Gasteiger partial charge is 0.356 e. The van der Waals surface area contributed by atoms with Crippen LogP contribution in [0, 0.1) is 5.41 Å². The molecule has 0 aromatic heterocycles. The lowest BCUT2D eigenvalue weighted by Crippen LogP contribution is -2.46. The van der Waals surface area contributed by atoms with Crippen molar-refractivity contribution in [3.05, 3.63) is 12.2 Å². The summed E-state index contributed by atoms with van der Waals surface area (Å²) < 4.78 is 5.50. The Morgan fingerprint density at radius 2 is 2.42 bits per heavy atom. The van der Waals surface area contributed by atoms with Crippen LogP contribution in [0.4, 0.5) is 0 Å². The average Bonchev–Trinajstić information content (AvgIpc) is 2.46. The van der Waals surface area contributed by atoms with E-state index in [0.717, 1.165) is 6.54 Å². The molecule has 2 aliphatic rings. The van der Waals surface area contributed by atoms with Gasteiger partial charge in [-0.2, -0.15) is 0 Å². The van der Waals surface area contributed by atoms with Gasteiger partial charge in [-0.05, 0) is 6.08 Å². The fourth-order valence-corrected chi connectivity index (χ4v) is 1.78. The first-order valence-corrected chi connectivity index (χ1v) is 4.23. The van der Waals surface area contributed by atoms with Crippen LogP contribution in [0.15, 0.2) is 12.2 Å². The Labute approximate surface area is 72.0 Å². The van der Waals surface area contributed by atoms with Crippen molar-refractivity contribution in [2.45, 2.75) is 20.1 Å². The van der Waals surface area contributed by atoms with Crippen LogP contribution >= 0.6 is 0 Å². The first-order chi connectivity index (χ1) is 5.61. The van der Waals surface area contributed by atoms with E-state index >= 15 is 0 Å². The lowest BCUT2D eigenvalue weighted by Gasteiger charge is -2.36. The molecule has 3 heteroatoms. The molecule has 1 fully saturated rings. The lowest BCUT2D eigenvalue weighted by molar-refractivity contribution is -0.137. The summed E-state index contributed by atoms with van der Waals surface area (Å²) in [6, 6.07) is 0. The number of ether oxygens (including phenoxy) is 1. The van der Waals surface area contributed by atoms with Gasteiger partial charge in [0, 0.05) is 12.0 Å². The maximum atomic E-state index is 11.3. The van der Waals surface area contributed by atoms with Gasteiger partial charge in [0.25, 0.3) is 0 Å². The first kappa shape index (κ1) is 7.80. The zero-order valence-corrected chi connectivity index (χ0v) is 7.41. The molecule has 0 aromatic carbocycles.